The monoisotopic (exact) mass is 186 g/mol. The predicted molar refractivity (Wildman–Crippen MR) is 51.7 cm³/mol. The van der Waals surface area contributed by atoms with Crippen LogP contribution in [0.3, 0.4) is 0 Å². The SMILES string of the molecule is COCC/C(C)=C/CC(C)C(=O)O. The molecule has 0 aromatic carbocycles. The van der Waals surface area contributed by atoms with Crippen LogP contribution in [0.15, 0.2) is 11.6 Å². The fourth-order valence-corrected chi connectivity index (χ4v) is 0.844. The van der Waals surface area contributed by atoms with Gasteiger partial charge in [0.05, 0.1) is 5.92 Å². The molecule has 0 spiro atoms. The van der Waals surface area contributed by atoms with Gasteiger partial charge >= 0.3 is 5.97 Å². The quantitative estimate of drug-likeness (QED) is 0.646. The van der Waals surface area contributed by atoms with E-state index in [4.69, 9.17) is 9.84 Å². The zero-order valence-electron chi connectivity index (χ0n) is 8.54. The Kier molecular flexibility index (Phi) is 6.24. The van der Waals surface area contributed by atoms with E-state index in [1.165, 1.54) is 5.57 Å². The molecule has 3 heteroatoms. The first-order chi connectivity index (χ1) is 6.07. The van der Waals surface area contributed by atoms with Crippen LogP contribution in [0.25, 0.3) is 0 Å². The summed E-state index contributed by atoms with van der Waals surface area (Å²) in [6, 6.07) is 0. The summed E-state index contributed by atoms with van der Waals surface area (Å²) in [7, 11) is 1.66. The number of hydrogen-bond donors (Lipinski definition) is 1. The van der Waals surface area contributed by atoms with E-state index in [0.29, 0.717) is 13.0 Å². The predicted octanol–water partition coefficient (Wildman–Crippen LogP) is 2.08. The topological polar surface area (TPSA) is 46.5 Å². The molecule has 0 saturated carbocycles. The minimum Gasteiger partial charge on any atom is -0.481 e. The molecule has 1 N–H and O–H groups in total. The van der Waals surface area contributed by atoms with Gasteiger partial charge in [0.1, 0.15) is 0 Å². The van der Waals surface area contributed by atoms with Gasteiger partial charge in [-0.15, -0.1) is 0 Å². The van der Waals surface area contributed by atoms with Gasteiger partial charge < -0.3 is 9.84 Å². The van der Waals surface area contributed by atoms with Crippen molar-refractivity contribution in [2.45, 2.75) is 26.7 Å². The van der Waals surface area contributed by atoms with E-state index < -0.39 is 5.97 Å². The molecule has 0 aromatic heterocycles. The Morgan fingerprint density at radius 2 is 2.23 bits per heavy atom. The van der Waals surface area contributed by atoms with Crippen LogP contribution < -0.4 is 0 Å². The van der Waals surface area contributed by atoms with Crippen LogP contribution in [-0.4, -0.2) is 24.8 Å². The fourth-order valence-electron chi connectivity index (χ4n) is 0.844. The van der Waals surface area contributed by atoms with E-state index in [-0.39, 0.29) is 5.92 Å². The van der Waals surface area contributed by atoms with Crippen molar-refractivity contribution in [1.29, 1.82) is 0 Å². The van der Waals surface area contributed by atoms with Gasteiger partial charge in [-0.3, -0.25) is 4.79 Å². The summed E-state index contributed by atoms with van der Waals surface area (Å²) in [4.78, 5) is 10.5. The Hall–Kier alpha value is -0.830. The lowest BCUT2D eigenvalue weighted by Gasteiger charge is -2.03. The Morgan fingerprint density at radius 3 is 2.69 bits per heavy atom. The van der Waals surface area contributed by atoms with Crippen molar-refractivity contribution in [3.05, 3.63) is 11.6 Å². The summed E-state index contributed by atoms with van der Waals surface area (Å²) in [5.41, 5.74) is 1.19. The minimum absolute atomic E-state index is 0.294. The molecule has 1 unspecified atom stereocenters. The van der Waals surface area contributed by atoms with E-state index in [1.807, 2.05) is 13.0 Å². The molecule has 0 saturated heterocycles. The first-order valence-corrected chi connectivity index (χ1v) is 4.45. The van der Waals surface area contributed by atoms with Gasteiger partial charge in [0.2, 0.25) is 0 Å². The number of allylic oxidation sites excluding steroid dienone is 1. The Bertz CT molecular complexity index is 185. The highest BCUT2D eigenvalue weighted by Crippen LogP contribution is 2.08. The van der Waals surface area contributed by atoms with Gasteiger partial charge in [-0.1, -0.05) is 18.6 Å². The third-order valence-electron chi connectivity index (χ3n) is 1.94. The summed E-state index contributed by atoms with van der Waals surface area (Å²) < 4.78 is 4.91. The summed E-state index contributed by atoms with van der Waals surface area (Å²) in [5, 5.41) is 8.62. The van der Waals surface area contributed by atoms with Crippen LogP contribution in [-0.2, 0) is 9.53 Å². The maximum atomic E-state index is 10.5. The molecule has 0 fully saturated rings. The third-order valence-corrected chi connectivity index (χ3v) is 1.94. The van der Waals surface area contributed by atoms with Crippen LogP contribution in [0, 0.1) is 5.92 Å². The highest BCUT2D eigenvalue weighted by Gasteiger charge is 2.07. The van der Waals surface area contributed by atoms with Crippen LogP contribution in [0.1, 0.15) is 26.7 Å². The molecule has 13 heavy (non-hydrogen) atoms. The molecule has 0 aliphatic rings. The smallest absolute Gasteiger partial charge is 0.306 e. The van der Waals surface area contributed by atoms with Crippen LogP contribution in [0.4, 0.5) is 0 Å². The Balaban J connectivity index is 3.75. The average molecular weight is 186 g/mol. The molecule has 0 rings (SSSR count). The van der Waals surface area contributed by atoms with Gasteiger partial charge in [0, 0.05) is 13.7 Å². The standard InChI is InChI=1S/C10H18O3/c1-8(6-7-13-3)4-5-9(2)10(11)12/h4,9H,5-7H2,1-3H3,(H,11,12)/b8-4+. The van der Waals surface area contributed by atoms with E-state index in [2.05, 4.69) is 0 Å². The molecule has 1 atom stereocenters. The lowest BCUT2D eigenvalue weighted by atomic mass is 10.1. The van der Waals surface area contributed by atoms with Gasteiger partial charge in [-0.05, 0) is 19.8 Å². The first-order valence-electron chi connectivity index (χ1n) is 4.45. The van der Waals surface area contributed by atoms with Gasteiger partial charge in [-0.2, -0.15) is 0 Å². The number of aliphatic carboxylic acids is 1. The van der Waals surface area contributed by atoms with Crippen LogP contribution in [0.2, 0.25) is 0 Å². The van der Waals surface area contributed by atoms with Crippen molar-refractivity contribution in [1.82, 2.24) is 0 Å². The number of hydrogen-bond acceptors (Lipinski definition) is 2. The number of rotatable bonds is 6. The molecule has 76 valence electrons. The van der Waals surface area contributed by atoms with Crippen molar-refractivity contribution in [2.75, 3.05) is 13.7 Å². The number of carbonyl (C=O) groups is 1. The maximum Gasteiger partial charge on any atom is 0.306 e. The number of carboxylic acids is 1. The van der Waals surface area contributed by atoms with Crippen molar-refractivity contribution in [3.63, 3.8) is 0 Å². The summed E-state index contributed by atoms with van der Waals surface area (Å²) >= 11 is 0. The second-order valence-electron chi connectivity index (χ2n) is 3.27. The summed E-state index contributed by atoms with van der Waals surface area (Å²) in [6.45, 7) is 4.40. The Labute approximate surface area is 79.4 Å². The van der Waals surface area contributed by atoms with E-state index in [0.717, 1.165) is 6.42 Å². The summed E-state index contributed by atoms with van der Waals surface area (Å²) in [5.74, 6) is -1.03. The third kappa shape index (κ3) is 6.34. The average Bonchev–Trinajstić information content (AvgIpc) is 2.10. The molecular weight excluding hydrogens is 168 g/mol. The van der Waals surface area contributed by atoms with Crippen molar-refractivity contribution >= 4 is 5.97 Å². The molecule has 0 amide bonds. The lowest BCUT2D eigenvalue weighted by molar-refractivity contribution is -0.140. The van der Waals surface area contributed by atoms with E-state index in [1.54, 1.807) is 14.0 Å². The zero-order chi connectivity index (χ0) is 10.3. The fraction of sp³-hybridized carbons (Fsp3) is 0.700. The number of methoxy groups -OCH3 is 1. The van der Waals surface area contributed by atoms with E-state index in [9.17, 15) is 4.79 Å². The maximum absolute atomic E-state index is 10.5. The molecule has 0 heterocycles. The van der Waals surface area contributed by atoms with E-state index >= 15 is 0 Å². The lowest BCUT2D eigenvalue weighted by Crippen LogP contribution is -2.08. The van der Waals surface area contributed by atoms with Gasteiger partial charge in [0.25, 0.3) is 0 Å². The van der Waals surface area contributed by atoms with Gasteiger partial charge in [-0.25, -0.2) is 0 Å². The highest BCUT2D eigenvalue weighted by molar-refractivity contribution is 5.69. The summed E-state index contributed by atoms with van der Waals surface area (Å²) in [6.07, 6.45) is 3.45. The minimum atomic E-state index is -0.740. The Morgan fingerprint density at radius 1 is 1.62 bits per heavy atom. The van der Waals surface area contributed by atoms with Crippen molar-refractivity contribution in [2.24, 2.45) is 5.92 Å². The van der Waals surface area contributed by atoms with Crippen LogP contribution >= 0.6 is 0 Å². The normalized spacial score (nSPS) is 14.2. The largest absolute Gasteiger partial charge is 0.481 e. The molecule has 0 bridgehead atoms. The molecule has 0 aliphatic heterocycles. The highest BCUT2D eigenvalue weighted by atomic mass is 16.5. The second-order valence-corrected chi connectivity index (χ2v) is 3.27. The second kappa shape index (κ2) is 6.66. The van der Waals surface area contributed by atoms with Crippen LogP contribution in [0.5, 0.6) is 0 Å². The van der Waals surface area contributed by atoms with Gasteiger partial charge in [0.15, 0.2) is 0 Å². The van der Waals surface area contributed by atoms with Crippen molar-refractivity contribution in [3.8, 4) is 0 Å². The zero-order valence-corrected chi connectivity index (χ0v) is 8.54. The number of carboxylic acid groups (broad SMARTS) is 1. The molecule has 0 radical (unpaired) electrons. The van der Waals surface area contributed by atoms with Crippen molar-refractivity contribution < 1.29 is 14.6 Å². The molecule has 0 aromatic rings. The molecule has 0 aliphatic carbocycles. The number of ether oxygens (including phenoxy) is 1. The first kappa shape index (κ1) is 12.2. The molecule has 3 nitrogen and oxygen atoms in total. The molecular formula is C10H18O3.